The molecule has 2 aromatic carbocycles. The number of carbonyl (C=O) groups excluding carboxylic acids is 3. The molecule has 0 amide bonds. The molecule has 0 radical (unpaired) electrons. The SMILES string of the molecule is O=C(Cl)c1cc(C(=O)Cl)cc(C(=O)Cl)c1.c1ccccc1. The van der Waals surface area contributed by atoms with Crippen molar-refractivity contribution in [3.63, 3.8) is 0 Å². The van der Waals surface area contributed by atoms with Gasteiger partial charge in [-0.2, -0.15) is 0 Å². The topological polar surface area (TPSA) is 51.2 Å². The number of carbonyl (C=O) groups is 3. The van der Waals surface area contributed by atoms with Gasteiger partial charge in [-0.15, -0.1) is 0 Å². The average Bonchev–Trinajstić information content (AvgIpc) is 2.49. The Morgan fingerprint density at radius 3 is 0.857 bits per heavy atom. The highest BCUT2D eigenvalue weighted by Gasteiger charge is 2.12. The first kappa shape index (κ1) is 17.4. The summed E-state index contributed by atoms with van der Waals surface area (Å²) in [7, 11) is 0. The van der Waals surface area contributed by atoms with Crippen molar-refractivity contribution >= 4 is 50.5 Å². The van der Waals surface area contributed by atoms with Crippen LogP contribution in [0.3, 0.4) is 0 Å². The number of hydrogen-bond donors (Lipinski definition) is 0. The molecule has 0 N–H and O–H groups in total. The smallest absolute Gasteiger partial charge is 0.252 e. The highest BCUT2D eigenvalue weighted by atomic mass is 35.5. The molecule has 0 aliphatic heterocycles. The van der Waals surface area contributed by atoms with Crippen LogP contribution in [0.25, 0.3) is 0 Å². The fourth-order valence-electron chi connectivity index (χ4n) is 1.35. The Hall–Kier alpha value is -1.68. The molecule has 0 spiro atoms. The lowest BCUT2D eigenvalue weighted by Crippen LogP contribution is -2.00. The van der Waals surface area contributed by atoms with E-state index in [2.05, 4.69) is 0 Å². The predicted octanol–water partition coefficient (Wildman–Crippen LogP) is 4.51. The summed E-state index contributed by atoms with van der Waals surface area (Å²) in [5.41, 5.74) is -0.0218. The van der Waals surface area contributed by atoms with E-state index in [-0.39, 0.29) is 16.7 Å². The van der Waals surface area contributed by atoms with Crippen molar-refractivity contribution in [1.29, 1.82) is 0 Å². The third-order valence-corrected chi connectivity index (χ3v) is 2.94. The summed E-state index contributed by atoms with van der Waals surface area (Å²) >= 11 is 15.6. The second-order valence-corrected chi connectivity index (χ2v) is 4.80. The molecule has 0 aliphatic carbocycles. The maximum atomic E-state index is 10.9. The molecule has 0 saturated carbocycles. The van der Waals surface area contributed by atoms with Crippen molar-refractivity contribution in [2.45, 2.75) is 0 Å². The molecule has 2 rings (SSSR count). The summed E-state index contributed by atoms with van der Waals surface area (Å²) in [6.45, 7) is 0. The van der Waals surface area contributed by atoms with Gasteiger partial charge in [0, 0.05) is 16.7 Å². The molecular weight excluding hydrogens is 335 g/mol. The molecule has 0 aromatic heterocycles. The normalized spacial score (nSPS) is 9.29. The molecule has 21 heavy (non-hydrogen) atoms. The number of benzene rings is 2. The standard InChI is InChI=1S/C9H3Cl3O3.C6H6/c10-7(13)4-1-5(8(11)14)3-6(2-4)9(12)15;1-2-4-6-5-3-1/h1-3H;1-6H. The van der Waals surface area contributed by atoms with Crippen LogP contribution in [-0.4, -0.2) is 15.7 Å². The molecule has 0 bridgehead atoms. The second kappa shape index (κ2) is 8.57. The predicted molar refractivity (Wildman–Crippen MR) is 83.4 cm³/mol. The fourth-order valence-corrected chi connectivity index (χ4v) is 1.68. The number of hydrogen-bond acceptors (Lipinski definition) is 3. The van der Waals surface area contributed by atoms with E-state index in [0.717, 1.165) is 0 Å². The van der Waals surface area contributed by atoms with Crippen LogP contribution in [0.15, 0.2) is 54.6 Å². The van der Waals surface area contributed by atoms with Crippen LogP contribution in [0.2, 0.25) is 0 Å². The van der Waals surface area contributed by atoms with Gasteiger partial charge in [0.05, 0.1) is 0 Å². The maximum Gasteiger partial charge on any atom is 0.252 e. The van der Waals surface area contributed by atoms with Gasteiger partial charge in [-0.25, -0.2) is 0 Å². The van der Waals surface area contributed by atoms with Gasteiger partial charge < -0.3 is 0 Å². The quantitative estimate of drug-likeness (QED) is 0.770. The highest BCUT2D eigenvalue weighted by Crippen LogP contribution is 2.16. The summed E-state index contributed by atoms with van der Waals surface area (Å²) in [6.07, 6.45) is 0. The van der Waals surface area contributed by atoms with Crippen molar-refractivity contribution < 1.29 is 14.4 Å². The van der Waals surface area contributed by atoms with Gasteiger partial charge >= 0.3 is 0 Å². The zero-order chi connectivity index (χ0) is 15.8. The van der Waals surface area contributed by atoms with Gasteiger partial charge in [0.15, 0.2) is 0 Å². The molecule has 2 aromatic rings. The summed E-state index contributed by atoms with van der Waals surface area (Å²) < 4.78 is 0. The van der Waals surface area contributed by atoms with Gasteiger partial charge in [0.1, 0.15) is 0 Å². The van der Waals surface area contributed by atoms with E-state index in [4.69, 9.17) is 34.8 Å². The summed E-state index contributed by atoms with van der Waals surface area (Å²) in [5, 5.41) is -2.39. The average molecular weight is 344 g/mol. The molecule has 0 heterocycles. The minimum absolute atomic E-state index is 0.00725. The summed E-state index contributed by atoms with van der Waals surface area (Å²) in [6, 6.07) is 15.6. The Bertz CT molecular complexity index is 549. The molecule has 0 saturated heterocycles. The zero-order valence-corrected chi connectivity index (χ0v) is 12.8. The Morgan fingerprint density at radius 2 is 0.714 bits per heavy atom. The zero-order valence-electron chi connectivity index (χ0n) is 10.6. The molecule has 0 unspecified atom stereocenters. The van der Waals surface area contributed by atoms with E-state index in [1.54, 1.807) is 0 Å². The van der Waals surface area contributed by atoms with Crippen LogP contribution in [0, 0.1) is 0 Å². The van der Waals surface area contributed by atoms with E-state index in [9.17, 15) is 14.4 Å². The molecular formula is C15H9Cl3O3. The van der Waals surface area contributed by atoms with Crippen molar-refractivity contribution in [3.05, 3.63) is 71.3 Å². The summed E-state index contributed by atoms with van der Waals surface area (Å²) in [4.78, 5) is 32.6. The number of halogens is 3. The van der Waals surface area contributed by atoms with E-state index >= 15 is 0 Å². The third kappa shape index (κ3) is 6.08. The van der Waals surface area contributed by atoms with E-state index in [1.165, 1.54) is 18.2 Å². The lowest BCUT2D eigenvalue weighted by Gasteiger charge is -2.00. The Kier molecular flexibility index (Phi) is 7.09. The Morgan fingerprint density at radius 1 is 0.524 bits per heavy atom. The van der Waals surface area contributed by atoms with E-state index in [1.807, 2.05) is 36.4 Å². The first-order chi connectivity index (χ1) is 9.91. The van der Waals surface area contributed by atoms with E-state index < -0.39 is 15.7 Å². The van der Waals surface area contributed by atoms with Crippen molar-refractivity contribution in [2.24, 2.45) is 0 Å². The second-order valence-electron chi connectivity index (χ2n) is 3.77. The van der Waals surface area contributed by atoms with Gasteiger partial charge in [0.2, 0.25) is 0 Å². The highest BCUT2D eigenvalue weighted by molar-refractivity contribution is 6.70. The van der Waals surface area contributed by atoms with Gasteiger partial charge in [-0.3, -0.25) is 14.4 Å². The lowest BCUT2D eigenvalue weighted by molar-refractivity contribution is 0.108. The monoisotopic (exact) mass is 342 g/mol. The van der Waals surface area contributed by atoms with Gasteiger partial charge in [-0.05, 0) is 53.0 Å². The van der Waals surface area contributed by atoms with Gasteiger partial charge in [0.25, 0.3) is 15.7 Å². The molecule has 6 heteroatoms. The first-order valence-electron chi connectivity index (χ1n) is 5.66. The maximum absolute atomic E-state index is 10.9. The minimum atomic E-state index is -0.797. The first-order valence-corrected chi connectivity index (χ1v) is 6.80. The molecule has 0 fully saturated rings. The van der Waals surface area contributed by atoms with Crippen molar-refractivity contribution in [1.82, 2.24) is 0 Å². The van der Waals surface area contributed by atoms with Crippen molar-refractivity contribution in [2.75, 3.05) is 0 Å². The van der Waals surface area contributed by atoms with Crippen LogP contribution in [0.4, 0.5) is 0 Å². The largest absolute Gasteiger partial charge is 0.276 e. The molecule has 108 valence electrons. The van der Waals surface area contributed by atoms with Crippen LogP contribution < -0.4 is 0 Å². The van der Waals surface area contributed by atoms with Crippen LogP contribution >= 0.6 is 34.8 Å². The van der Waals surface area contributed by atoms with E-state index in [0.29, 0.717) is 0 Å². The Labute approximate surface area is 136 Å². The fraction of sp³-hybridized carbons (Fsp3) is 0. The van der Waals surface area contributed by atoms with Gasteiger partial charge in [-0.1, -0.05) is 36.4 Å². The van der Waals surface area contributed by atoms with Crippen molar-refractivity contribution in [3.8, 4) is 0 Å². The third-order valence-electron chi connectivity index (χ3n) is 2.28. The molecule has 0 aliphatic rings. The molecule has 0 atom stereocenters. The molecule has 3 nitrogen and oxygen atoms in total. The van der Waals surface area contributed by atoms with Crippen LogP contribution in [-0.2, 0) is 0 Å². The lowest BCUT2D eigenvalue weighted by atomic mass is 10.1. The minimum Gasteiger partial charge on any atom is -0.276 e. The number of rotatable bonds is 3. The van der Waals surface area contributed by atoms with Crippen LogP contribution in [0.5, 0.6) is 0 Å². The summed E-state index contributed by atoms with van der Waals surface area (Å²) in [5.74, 6) is 0. The van der Waals surface area contributed by atoms with Crippen LogP contribution in [0.1, 0.15) is 31.1 Å². The Balaban J connectivity index is 0.000000304.